The quantitative estimate of drug-likeness (QED) is 0.326. The fourth-order valence-corrected chi connectivity index (χ4v) is 4.61. The predicted octanol–water partition coefficient (Wildman–Crippen LogP) is 3.97. The maximum absolute atomic E-state index is 12.8. The molecule has 38 heavy (non-hydrogen) atoms. The number of amides is 2. The molecule has 2 fully saturated rings. The third kappa shape index (κ3) is 5.79. The van der Waals surface area contributed by atoms with Gasteiger partial charge in [0.05, 0.1) is 18.5 Å². The minimum atomic E-state index is -0.797. The monoisotopic (exact) mass is 519 g/mol. The molecule has 0 saturated heterocycles. The lowest BCUT2D eigenvalue weighted by atomic mass is 10.0. The minimum Gasteiger partial charge on any atom is -0.464 e. The number of rotatable bonds is 11. The van der Waals surface area contributed by atoms with E-state index < -0.39 is 17.9 Å². The molecule has 0 bridgehead atoms. The Morgan fingerprint density at radius 2 is 1.76 bits per heavy atom. The molecule has 1 atom stereocenters. The van der Waals surface area contributed by atoms with Gasteiger partial charge in [0.15, 0.2) is 0 Å². The number of hydrogen-bond acceptors (Lipinski definition) is 7. The minimum absolute atomic E-state index is 0.0139. The van der Waals surface area contributed by atoms with Crippen molar-refractivity contribution in [1.29, 1.82) is 0 Å². The number of nitrogens with zero attached hydrogens (tertiary/aromatic N) is 2. The third-order valence-corrected chi connectivity index (χ3v) is 7.01. The van der Waals surface area contributed by atoms with Crippen molar-refractivity contribution in [1.82, 2.24) is 25.8 Å². The number of benzene rings is 1. The van der Waals surface area contributed by atoms with Gasteiger partial charge in [-0.2, -0.15) is 5.10 Å². The highest BCUT2D eigenvalue weighted by Crippen LogP contribution is 2.44. The Hall–Kier alpha value is -3.95. The van der Waals surface area contributed by atoms with E-state index in [9.17, 15) is 14.4 Å². The van der Waals surface area contributed by atoms with Crippen LogP contribution in [-0.4, -0.2) is 51.7 Å². The summed E-state index contributed by atoms with van der Waals surface area (Å²) in [6.45, 7) is 5.58. The number of nitrogens with one attached hydrogen (secondary N) is 3. The molecule has 5 rings (SSSR count). The van der Waals surface area contributed by atoms with Crippen LogP contribution < -0.4 is 10.6 Å². The summed E-state index contributed by atoms with van der Waals surface area (Å²) in [6, 6.07) is 8.55. The lowest BCUT2D eigenvalue weighted by Gasteiger charge is -2.19. The molecule has 10 heteroatoms. The Morgan fingerprint density at radius 3 is 2.42 bits per heavy atom. The molecule has 0 aliphatic heterocycles. The van der Waals surface area contributed by atoms with E-state index in [-0.39, 0.29) is 36.1 Å². The van der Waals surface area contributed by atoms with E-state index in [2.05, 4.69) is 25.8 Å². The van der Waals surface area contributed by atoms with Gasteiger partial charge in [0, 0.05) is 17.2 Å². The van der Waals surface area contributed by atoms with Crippen LogP contribution in [0.2, 0.25) is 0 Å². The zero-order valence-corrected chi connectivity index (χ0v) is 21.8. The summed E-state index contributed by atoms with van der Waals surface area (Å²) < 4.78 is 10.8. The highest BCUT2D eigenvalue weighted by atomic mass is 16.5. The summed E-state index contributed by atoms with van der Waals surface area (Å²) in [6.07, 6.45) is 6.09. The Labute approximate surface area is 220 Å². The standard InChI is InChI=1S/C28H33N5O5/c1-4-37-28(36)23(15(2)3)30-26(35)22-14-29-27(38-22)19-7-5-6-18(12-19)20-13-21(33-32-20)25(34)31-24(16-8-9-16)17-10-11-17/h5-7,12-17,23-24H,4,8-11H2,1-3H3,(H,30,35)(H,31,34)(H,32,33)/t23-/m0/s1. The maximum atomic E-state index is 12.8. The third-order valence-electron chi connectivity index (χ3n) is 7.01. The molecular formula is C28H33N5O5. The molecule has 2 saturated carbocycles. The first-order chi connectivity index (χ1) is 18.3. The van der Waals surface area contributed by atoms with E-state index in [1.54, 1.807) is 13.0 Å². The smallest absolute Gasteiger partial charge is 0.328 e. The van der Waals surface area contributed by atoms with Gasteiger partial charge in [-0.1, -0.05) is 26.0 Å². The molecule has 0 unspecified atom stereocenters. The second-order valence-corrected chi connectivity index (χ2v) is 10.4. The van der Waals surface area contributed by atoms with Gasteiger partial charge in [0.1, 0.15) is 11.7 Å². The van der Waals surface area contributed by atoms with Crippen molar-refractivity contribution in [3.8, 4) is 22.7 Å². The van der Waals surface area contributed by atoms with Crippen molar-refractivity contribution >= 4 is 17.8 Å². The van der Waals surface area contributed by atoms with E-state index >= 15 is 0 Å². The molecule has 2 aliphatic carbocycles. The molecule has 2 amide bonds. The first-order valence-electron chi connectivity index (χ1n) is 13.2. The molecule has 200 valence electrons. The fraction of sp³-hybridized carbons (Fsp3) is 0.464. The number of aromatic amines is 1. The molecular weight excluding hydrogens is 486 g/mol. The Morgan fingerprint density at radius 1 is 1.05 bits per heavy atom. The summed E-state index contributed by atoms with van der Waals surface area (Å²) in [5, 5.41) is 13.1. The molecule has 3 N–H and O–H groups in total. The summed E-state index contributed by atoms with van der Waals surface area (Å²) in [4.78, 5) is 42.0. The summed E-state index contributed by atoms with van der Waals surface area (Å²) in [5.74, 6) is 0.121. The second-order valence-electron chi connectivity index (χ2n) is 10.4. The van der Waals surface area contributed by atoms with Crippen LogP contribution in [0.15, 0.2) is 40.9 Å². The Balaban J connectivity index is 1.27. The van der Waals surface area contributed by atoms with Gasteiger partial charge in [-0.3, -0.25) is 14.7 Å². The summed E-state index contributed by atoms with van der Waals surface area (Å²) in [7, 11) is 0. The summed E-state index contributed by atoms with van der Waals surface area (Å²) in [5.41, 5.74) is 2.45. The van der Waals surface area contributed by atoms with Crippen LogP contribution in [0.5, 0.6) is 0 Å². The predicted molar refractivity (Wildman–Crippen MR) is 139 cm³/mol. The number of H-pyrrole nitrogens is 1. The molecule has 2 heterocycles. The topological polar surface area (TPSA) is 139 Å². The van der Waals surface area contributed by atoms with Gasteiger partial charge < -0.3 is 19.8 Å². The average Bonchev–Trinajstić information content (AvgIpc) is 3.83. The fourth-order valence-electron chi connectivity index (χ4n) is 4.61. The molecule has 2 aromatic heterocycles. The lowest BCUT2D eigenvalue weighted by molar-refractivity contribution is -0.146. The first kappa shape index (κ1) is 25.7. The van der Waals surface area contributed by atoms with Gasteiger partial charge in [0.25, 0.3) is 11.8 Å². The second kappa shape index (κ2) is 10.8. The Bertz CT molecular complexity index is 1310. The number of carbonyl (C=O) groups excluding carboxylic acids is 3. The van der Waals surface area contributed by atoms with Crippen LogP contribution in [0.3, 0.4) is 0 Å². The molecule has 2 aliphatic rings. The van der Waals surface area contributed by atoms with E-state index in [0.717, 1.165) is 5.56 Å². The van der Waals surface area contributed by atoms with Crippen LogP contribution in [0.4, 0.5) is 0 Å². The van der Waals surface area contributed by atoms with E-state index in [0.29, 0.717) is 28.8 Å². The van der Waals surface area contributed by atoms with Gasteiger partial charge in [-0.15, -0.1) is 0 Å². The highest BCUT2D eigenvalue weighted by molar-refractivity contribution is 5.95. The highest BCUT2D eigenvalue weighted by Gasteiger charge is 2.42. The van der Waals surface area contributed by atoms with Crippen molar-refractivity contribution in [3.05, 3.63) is 48.0 Å². The number of hydrogen-bond donors (Lipinski definition) is 3. The van der Waals surface area contributed by atoms with Gasteiger partial charge in [0.2, 0.25) is 11.7 Å². The van der Waals surface area contributed by atoms with E-state index in [1.807, 2.05) is 38.1 Å². The number of ether oxygens (including phenoxy) is 1. The van der Waals surface area contributed by atoms with Crippen LogP contribution in [-0.2, 0) is 9.53 Å². The van der Waals surface area contributed by atoms with Crippen molar-refractivity contribution in [3.63, 3.8) is 0 Å². The van der Waals surface area contributed by atoms with Crippen molar-refractivity contribution in [2.24, 2.45) is 17.8 Å². The number of aromatic nitrogens is 3. The van der Waals surface area contributed by atoms with Gasteiger partial charge in [-0.05, 0) is 68.6 Å². The maximum Gasteiger partial charge on any atom is 0.328 e. The van der Waals surface area contributed by atoms with Gasteiger partial charge in [-0.25, -0.2) is 9.78 Å². The van der Waals surface area contributed by atoms with Crippen molar-refractivity contribution in [2.45, 2.75) is 58.5 Å². The molecule has 1 aromatic carbocycles. The molecule has 0 spiro atoms. The Kier molecular flexibility index (Phi) is 7.31. The average molecular weight is 520 g/mol. The van der Waals surface area contributed by atoms with Crippen LogP contribution in [0.1, 0.15) is 67.5 Å². The van der Waals surface area contributed by atoms with E-state index in [1.165, 1.54) is 31.9 Å². The normalized spacial score (nSPS) is 15.9. The molecule has 10 nitrogen and oxygen atoms in total. The number of carbonyl (C=O) groups is 3. The SMILES string of the molecule is CCOC(=O)[C@@H](NC(=O)c1cnc(-c2cccc(-c3cc(C(=O)NC(C4CC4)C4CC4)[nH]n3)c2)o1)C(C)C. The number of esters is 1. The van der Waals surface area contributed by atoms with Gasteiger partial charge >= 0.3 is 5.97 Å². The zero-order valence-electron chi connectivity index (χ0n) is 21.8. The van der Waals surface area contributed by atoms with Crippen LogP contribution in [0.25, 0.3) is 22.7 Å². The molecule has 3 aromatic rings. The van der Waals surface area contributed by atoms with Crippen molar-refractivity contribution in [2.75, 3.05) is 6.61 Å². The van der Waals surface area contributed by atoms with Crippen LogP contribution in [0, 0.1) is 17.8 Å². The summed E-state index contributed by atoms with van der Waals surface area (Å²) >= 11 is 0. The lowest BCUT2D eigenvalue weighted by Crippen LogP contribution is -2.45. The van der Waals surface area contributed by atoms with Crippen LogP contribution >= 0.6 is 0 Å². The number of oxazole rings is 1. The van der Waals surface area contributed by atoms with Crippen molar-refractivity contribution < 1.29 is 23.5 Å². The zero-order chi connectivity index (χ0) is 26.8. The van der Waals surface area contributed by atoms with E-state index in [4.69, 9.17) is 9.15 Å². The first-order valence-corrected chi connectivity index (χ1v) is 13.2. The largest absolute Gasteiger partial charge is 0.464 e. The molecule has 0 radical (unpaired) electrons.